The van der Waals surface area contributed by atoms with Crippen molar-refractivity contribution in [3.8, 4) is 0 Å². The Balaban J connectivity index is 2.30. The summed E-state index contributed by atoms with van der Waals surface area (Å²) in [5.74, 6) is -0.857. The van der Waals surface area contributed by atoms with Gasteiger partial charge in [0.2, 0.25) is 0 Å². The number of ether oxygens (including phenoxy) is 1. The molecule has 17 heavy (non-hydrogen) atoms. The Hall–Kier alpha value is -1.29. The highest BCUT2D eigenvalue weighted by Crippen LogP contribution is 2.37. The summed E-state index contributed by atoms with van der Waals surface area (Å²) in [7, 11) is 1.74. The molecule has 0 saturated heterocycles. The molecular formula is C13H19NO3. The smallest absolute Gasteiger partial charge is 0.337 e. The van der Waals surface area contributed by atoms with Crippen LogP contribution in [0.15, 0.2) is 6.07 Å². The number of aromatic nitrogens is 1. The van der Waals surface area contributed by atoms with Crippen molar-refractivity contribution in [3.05, 3.63) is 23.0 Å². The molecule has 0 aliphatic heterocycles. The lowest BCUT2D eigenvalue weighted by Gasteiger charge is -2.41. The van der Waals surface area contributed by atoms with Gasteiger partial charge in [-0.2, -0.15) is 0 Å². The van der Waals surface area contributed by atoms with Crippen molar-refractivity contribution in [2.45, 2.75) is 45.3 Å². The van der Waals surface area contributed by atoms with Gasteiger partial charge in [-0.05, 0) is 39.2 Å². The van der Waals surface area contributed by atoms with Gasteiger partial charge in [-0.15, -0.1) is 0 Å². The van der Waals surface area contributed by atoms with Crippen LogP contribution in [0.2, 0.25) is 0 Å². The first-order chi connectivity index (χ1) is 7.99. The second-order valence-corrected chi connectivity index (χ2v) is 4.92. The molecule has 1 aromatic heterocycles. The van der Waals surface area contributed by atoms with Crippen molar-refractivity contribution < 1.29 is 14.6 Å². The van der Waals surface area contributed by atoms with E-state index in [9.17, 15) is 4.79 Å². The maximum atomic E-state index is 11.1. The van der Waals surface area contributed by atoms with Gasteiger partial charge in [-0.25, -0.2) is 4.79 Å². The first-order valence-corrected chi connectivity index (χ1v) is 5.94. The van der Waals surface area contributed by atoms with Gasteiger partial charge >= 0.3 is 5.97 Å². The Kier molecular flexibility index (Phi) is 3.00. The third-order valence-corrected chi connectivity index (χ3v) is 3.95. The van der Waals surface area contributed by atoms with E-state index >= 15 is 0 Å². The predicted molar refractivity (Wildman–Crippen MR) is 64.5 cm³/mol. The standard InChI is InChI=1S/C13H19NO3/c1-9-7-11(12(15)16)10(2)14(9)8-13(17-3)5-4-6-13/h7H,4-6,8H2,1-3H3,(H,15,16). The molecule has 1 aliphatic rings. The highest BCUT2D eigenvalue weighted by Gasteiger charge is 2.38. The minimum absolute atomic E-state index is 0.0791. The van der Waals surface area contributed by atoms with Crippen LogP contribution in [0.5, 0.6) is 0 Å². The molecule has 94 valence electrons. The summed E-state index contributed by atoms with van der Waals surface area (Å²) in [6, 6.07) is 1.74. The maximum absolute atomic E-state index is 11.1. The van der Waals surface area contributed by atoms with Crippen LogP contribution in [0.4, 0.5) is 0 Å². The Morgan fingerprint density at radius 1 is 1.53 bits per heavy atom. The molecule has 0 atom stereocenters. The average Bonchev–Trinajstić information content (AvgIpc) is 2.50. The molecule has 1 N–H and O–H groups in total. The van der Waals surface area contributed by atoms with Crippen molar-refractivity contribution in [1.29, 1.82) is 0 Å². The summed E-state index contributed by atoms with van der Waals surface area (Å²) in [6.45, 7) is 4.56. The van der Waals surface area contributed by atoms with Crippen LogP contribution in [0.1, 0.15) is 41.0 Å². The lowest BCUT2D eigenvalue weighted by molar-refractivity contribution is -0.0840. The normalized spacial score (nSPS) is 17.8. The minimum Gasteiger partial charge on any atom is -0.478 e. The second kappa shape index (κ2) is 4.18. The Morgan fingerprint density at radius 3 is 2.53 bits per heavy atom. The zero-order valence-electron chi connectivity index (χ0n) is 10.6. The highest BCUT2D eigenvalue weighted by molar-refractivity contribution is 5.89. The molecular weight excluding hydrogens is 218 g/mol. The fraction of sp³-hybridized carbons (Fsp3) is 0.615. The summed E-state index contributed by atoms with van der Waals surface area (Å²) in [6.07, 6.45) is 3.31. The van der Waals surface area contributed by atoms with Crippen LogP contribution in [-0.4, -0.2) is 28.4 Å². The number of rotatable bonds is 4. The average molecular weight is 237 g/mol. The number of nitrogens with zero attached hydrogens (tertiary/aromatic N) is 1. The third-order valence-electron chi connectivity index (χ3n) is 3.95. The third kappa shape index (κ3) is 1.97. The molecule has 0 amide bonds. The van der Waals surface area contributed by atoms with E-state index in [4.69, 9.17) is 9.84 Å². The molecule has 4 heteroatoms. The van der Waals surface area contributed by atoms with Gasteiger partial charge in [-0.1, -0.05) is 0 Å². The van der Waals surface area contributed by atoms with Gasteiger partial charge in [0.1, 0.15) is 0 Å². The molecule has 0 aromatic carbocycles. The van der Waals surface area contributed by atoms with E-state index in [0.717, 1.165) is 30.8 Å². The topological polar surface area (TPSA) is 51.5 Å². The Bertz CT molecular complexity index is 438. The lowest BCUT2D eigenvalue weighted by atomic mass is 9.80. The number of methoxy groups -OCH3 is 1. The Labute approximate surface area is 101 Å². The van der Waals surface area contributed by atoms with Gasteiger partial charge in [0.05, 0.1) is 17.7 Å². The summed E-state index contributed by atoms with van der Waals surface area (Å²) < 4.78 is 7.65. The quantitative estimate of drug-likeness (QED) is 0.874. The molecule has 1 heterocycles. The highest BCUT2D eigenvalue weighted by atomic mass is 16.5. The largest absolute Gasteiger partial charge is 0.478 e. The number of carboxylic acid groups (broad SMARTS) is 1. The first kappa shape index (κ1) is 12.2. The molecule has 1 aromatic rings. The number of hydrogen-bond acceptors (Lipinski definition) is 2. The molecule has 2 rings (SSSR count). The number of aryl methyl sites for hydroxylation is 1. The summed E-state index contributed by atoms with van der Waals surface area (Å²) in [5.41, 5.74) is 2.12. The SMILES string of the molecule is COC1(Cn2c(C)cc(C(=O)O)c2C)CCC1. The van der Waals surface area contributed by atoms with Crippen molar-refractivity contribution in [2.75, 3.05) is 7.11 Å². The van der Waals surface area contributed by atoms with Crippen molar-refractivity contribution in [2.24, 2.45) is 0 Å². The molecule has 1 fully saturated rings. The zero-order valence-corrected chi connectivity index (χ0v) is 10.6. The molecule has 4 nitrogen and oxygen atoms in total. The zero-order chi connectivity index (χ0) is 12.6. The van der Waals surface area contributed by atoms with Gasteiger partial charge < -0.3 is 14.4 Å². The van der Waals surface area contributed by atoms with E-state index in [1.807, 2.05) is 13.8 Å². The van der Waals surface area contributed by atoms with E-state index < -0.39 is 5.97 Å². The fourth-order valence-electron chi connectivity index (χ4n) is 2.55. The molecule has 1 aliphatic carbocycles. The Morgan fingerprint density at radius 2 is 2.18 bits per heavy atom. The van der Waals surface area contributed by atoms with Crippen LogP contribution in [0.25, 0.3) is 0 Å². The molecule has 0 unspecified atom stereocenters. The summed E-state index contributed by atoms with van der Waals surface area (Å²) in [4.78, 5) is 11.1. The number of aromatic carboxylic acids is 1. The van der Waals surface area contributed by atoms with Crippen LogP contribution < -0.4 is 0 Å². The lowest BCUT2D eigenvalue weighted by Crippen LogP contribution is -2.43. The molecule has 0 radical (unpaired) electrons. The van der Waals surface area contributed by atoms with Crippen molar-refractivity contribution in [3.63, 3.8) is 0 Å². The van der Waals surface area contributed by atoms with Crippen LogP contribution >= 0.6 is 0 Å². The second-order valence-electron chi connectivity index (χ2n) is 4.92. The number of carboxylic acids is 1. The summed E-state index contributed by atoms with van der Waals surface area (Å²) in [5, 5.41) is 9.09. The molecule has 0 bridgehead atoms. The fourth-order valence-corrected chi connectivity index (χ4v) is 2.55. The number of carbonyl (C=O) groups is 1. The predicted octanol–water partition coefficient (Wildman–Crippen LogP) is 2.37. The van der Waals surface area contributed by atoms with E-state index in [2.05, 4.69) is 4.57 Å². The van der Waals surface area contributed by atoms with Gasteiger partial charge in [0.25, 0.3) is 0 Å². The van der Waals surface area contributed by atoms with E-state index in [-0.39, 0.29) is 5.60 Å². The maximum Gasteiger partial charge on any atom is 0.337 e. The van der Waals surface area contributed by atoms with Crippen LogP contribution in [-0.2, 0) is 11.3 Å². The van der Waals surface area contributed by atoms with E-state index in [0.29, 0.717) is 5.56 Å². The van der Waals surface area contributed by atoms with Gasteiger partial charge in [0.15, 0.2) is 0 Å². The van der Waals surface area contributed by atoms with Gasteiger partial charge in [0, 0.05) is 18.5 Å². The minimum atomic E-state index is -0.857. The van der Waals surface area contributed by atoms with Crippen molar-refractivity contribution >= 4 is 5.97 Å². The monoisotopic (exact) mass is 237 g/mol. The summed E-state index contributed by atoms with van der Waals surface area (Å²) >= 11 is 0. The number of hydrogen-bond donors (Lipinski definition) is 1. The molecule has 0 spiro atoms. The van der Waals surface area contributed by atoms with E-state index in [1.165, 1.54) is 6.42 Å². The van der Waals surface area contributed by atoms with Crippen LogP contribution in [0, 0.1) is 13.8 Å². The van der Waals surface area contributed by atoms with Gasteiger partial charge in [-0.3, -0.25) is 0 Å². The van der Waals surface area contributed by atoms with Crippen molar-refractivity contribution in [1.82, 2.24) is 4.57 Å². The molecule has 1 saturated carbocycles. The first-order valence-electron chi connectivity index (χ1n) is 5.94. The van der Waals surface area contributed by atoms with Crippen LogP contribution in [0.3, 0.4) is 0 Å². The van der Waals surface area contributed by atoms with E-state index in [1.54, 1.807) is 13.2 Å².